The van der Waals surface area contributed by atoms with Crippen molar-refractivity contribution in [2.24, 2.45) is 0 Å². The molecule has 0 unspecified atom stereocenters. The molecule has 0 bridgehead atoms. The Hall–Kier alpha value is -3.07. The predicted molar refractivity (Wildman–Crippen MR) is 69.1 cm³/mol. The fraction of sp³-hybridized carbons (Fsp3) is 0.231. The van der Waals surface area contributed by atoms with Crippen molar-refractivity contribution in [2.45, 2.75) is 19.1 Å². The molecule has 2 rings (SSSR count). The van der Waals surface area contributed by atoms with Gasteiger partial charge in [-0.1, -0.05) is 6.07 Å². The summed E-state index contributed by atoms with van der Waals surface area (Å²) in [6.45, 7) is 1.62. The molecule has 2 aromatic rings. The molecule has 0 saturated heterocycles. The van der Waals surface area contributed by atoms with Crippen LogP contribution in [0.3, 0.4) is 0 Å². The summed E-state index contributed by atoms with van der Waals surface area (Å²) in [5, 5.41) is 21.8. The molecule has 0 spiro atoms. The average Bonchev–Trinajstić information content (AvgIpc) is 2.81. The molecule has 0 fully saturated rings. The molecular weight excluding hydrogens is 297 g/mol. The minimum absolute atomic E-state index is 0.0218. The number of rotatable bonds is 2. The van der Waals surface area contributed by atoms with Gasteiger partial charge in [-0.2, -0.15) is 28.8 Å². The molecule has 0 aliphatic heterocycles. The van der Waals surface area contributed by atoms with Crippen LogP contribution in [0.25, 0.3) is 0 Å². The van der Waals surface area contributed by atoms with E-state index in [2.05, 4.69) is 10.1 Å². The molecule has 0 amide bonds. The van der Waals surface area contributed by atoms with Crippen LogP contribution in [0.4, 0.5) is 19.0 Å². The first kappa shape index (κ1) is 15.3. The number of nitrogens with two attached hydrogens (primary N) is 1. The molecule has 2 N–H and O–H groups in total. The van der Waals surface area contributed by atoms with Crippen molar-refractivity contribution >= 4 is 5.82 Å². The lowest BCUT2D eigenvalue weighted by Gasteiger charge is -2.14. The topological polar surface area (TPSA) is 104 Å². The van der Waals surface area contributed by atoms with E-state index in [1.807, 2.05) is 0 Å². The second kappa shape index (κ2) is 5.37. The molecule has 1 atom stereocenters. The van der Waals surface area contributed by atoms with E-state index in [0.717, 1.165) is 12.3 Å². The van der Waals surface area contributed by atoms with Crippen molar-refractivity contribution in [3.63, 3.8) is 0 Å². The monoisotopic (exact) mass is 306 g/mol. The second-order valence-electron chi connectivity index (χ2n) is 4.43. The van der Waals surface area contributed by atoms with Gasteiger partial charge in [0.2, 0.25) is 0 Å². The van der Waals surface area contributed by atoms with Crippen molar-refractivity contribution in [2.75, 3.05) is 5.73 Å². The van der Waals surface area contributed by atoms with Gasteiger partial charge in [-0.05, 0) is 18.6 Å². The summed E-state index contributed by atoms with van der Waals surface area (Å²) in [4.78, 5) is 3.36. The van der Waals surface area contributed by atoms with Gasteiger partial charge in [0.1, 0.15) is 29.2 Å². The maximum absolute atomic E-state index is 12.5. The van der Waals surface area contributed by atoms with Crippen molar-refractivity contribution in [1.29, 1.82) is 10.5 Å². The molecule has 22 heavy (non-hydrogen) atoms. The third kappa shape index (κ3) is 2.56. The Bertz CT molecular complexity index is 776. The molecule has 9 heteroatoms. The van der Waals surface area contributed by atoms with Crippen molar-refractivity contribution in [1.82, 2.24) is 14.8 Å². The molecule has 0 aromatic carbocycles. The summed E-state index contributed by atoms with van der Waals surface area (Å²) in [5.74, 6) is -0.0218. The molecule has 2 aromatic heterocycles. The number of nitrogens with zero attached hydrogens (tertiary/aromatic N) is 5. The number of halogens is 3. The molecule has 0 radical (unpaired) electrons. The number of anilines is 1. The summed E-state index contributed by atoms with van der Waals surface area (Å²) in [7, 11) is 0. The van der Waals surface area contributed by atoms with Gasteiger partial charge in [0, 0.05) is 6.20 Å². The second-order valence-corrected chi connectivity index (χ2v) is 4.43. The zero-order valence-corrected chi connectivity index (χ0v) is 11.3. The van der Waals surface area contributed by atoms with E-state index in [4.69, 9.17) is 16.3 Å². The lowest BCUT2D eigenvalue weighted by atomic mass is 10.1. The van der Waals surface area contributed by atoms with Crippen LogP contribution in [-0.4, -0.2) is 14.8 Å². The smallest absolute Gasteiger partial charge is 0.383 e. The first-order chi connectivity index (χ1) is 10.3. The number of hydrogen-bond donors (Lipinski definition) is 1. The van der Waals surface area contributed by atoms with Crippen LogP contribution >= 0.6 is 0 Å². The largest absolute Gasteiger partial charge is 0.433 e. The highest BCUT2D eigenvalue weighted by Crippen LogP contribution is 2.29. The Morgan fingerprint density at radius 2 is 1.95 bits per heavy atom. The van der Waals surface area contributed by atoms with Crippen molar-refractivity contribution < 1.29 is 13.2 Å². The first-order valence-electron chi connectivity index (χ1n) is 6.01. The zero-order chi connectivity index (χ0) is 16.5. The molecule has 2 heterocycles. The molecule has 6 nitrogen and oxygen atoms in total. The number of pyridine rings is 1. The lowest BCUT2D eigenvalue weighted by molar-refractivity contribution is -0.141. The molecule has 0 saturated carbocycles. The van der Waals surface area contributed by atoms with Crippen molar-refractivity contribution in [3.05, 3.63) is 40.8 Å². The summed E-state index contributed by atoms with van der Waals surface area (Å²) < 4.78 is 38.7. The number of alkyl halides is 3. The Morgan fingerprint density at radius 1 is 1.27 bits per heavy atom. The Kier molecular flexibility index (Phi) is 3.74. The minimum Gasteiger partial charge on any atom is -0.383 e. The molecule has 112 valence electrons. The van der Waals surface area contributed by atoms with Crippen LogP contribution in [0.15, 0.2) is 18.3 Å². The molecule has 0 aliphatic rings. The van der Waals surface area contributed by atoms with Crippen LogP contribution in [0.1, 0.15) is 35.5 Å². The molecule has 0 aliphatic carbocycles. The van der Waals surface area contributed by atoms with Crippen LogP contribution in [-0.2, 0) is 6.18 Å². The van der Waals surface area contributed by atoms with E-state index < -0.39 is 17.9 Å². The van der Waals surface area contributed by atoms with Gasteiger partial charge in [0.05, 0.1) is 6.04 Å². The van der Waals surface area contributed by atoms with E-state index in [1.54, 1.807) is 19.1 Å². The lowest BCUT2D eigenvalue weighted by Crippen LogP contribution is -2.13. The Labute approximate surface area is 123 Å². The van der Waals surface area contributed by atoms with Gasteiger partial charge in [-0.15, -0.1) is 0 Å². The number of nitrogen functional groups attached to an aromatic ring is 1. The summed E-state index contributed by atoms with van der Waals surface area (Å²) >= 11 is 0. The van der Waals surface area contributed by atoms with Crippen LogP contribution in [0.2, 0.25) is 0 Å². The van der Waals surface area contributed by atoms with E-state index in [1.165, 1.54) is 10.7 Å². The van der Waals surface area contributed by atoms with Gasteiger partial charge < -0.3 is 5.73 Å². The number of hydrogen-bond acceptors (Lipinski definition) is 5. The summed E-state index contributed by atoms with van der Waals surface area (Å²) in [5.41, 5.74) is 4.97. The van der Waals surface area contributed by atoms with Gasteiger partial charge in [-0.25, -0.2) is 4.68 Å². The fourth-order valence-corrected chi connectivity index (χ4v) is 1.89. The van der Waals surface area contributed by atoms with Gasteiger partial charge in [0.25, 0.3) is 0 Å². The quantitative estimate of drug-likeness (QED) is 0.916. The third-order valence-corrected chi connectivity index (χ3v) is 3.09. The van der Waals surface area contributed by atoms with Crippen LogP contribution in [0.5, 0.6) is 0 Å². The Morgan fingerprint density at radius 3 is 2.36 bits per heavy atom. The predicted octanol–water partition coefficient (Wildman–Crippen LogP) is 2.23. The SMILES string of the molecule is C[C@H](c1ccc(C(F)(F)F)nc1)n1nc(C#N)c(C#N)c1N. The minimum atomic E-state index is -4.52. The highest BCUT2D eigenvalue weighted by molar-refractivity contribution is 5.56. The van der Waals surface area contributed by atoms with Gasteiger partial charge in [-0.3, -0.25) is 4.98 Å². The number of aromatic nitrogens is 3. The first-order valence-corrected chi connectivity index (χ1v) is 6.01. The summed E-state index contributed by atoms with van der Waals surface area (Å²) in [6, 6.07) is 5.04. The zero-order valence-electron chi connectivity index (χ0n) is 11.3. The third-order valence-electron chi connectivity index (χ3n) is 3.09. The van der Waals surface area contributed by atoms with Crippen LogP contribution in [0, 0.1) is 22.7 Å². The normalized spacial score (nSPS) is 12.5. The van der Waals surface area contributed by atoms with Crippen molar-refractivity contribution in [3.8, 4) is 12.1 Å². The van der Waals surface area contributed by atoms with Gasteiger partial charge in [0.15, 0.2) is 5.69 Å². The Balaban J connectivity index is 2.41. The molecular formula is C13H9F3N6. The maximum atomic E-state index is 12.5. The van der Waals surface area contributed by atoms with E-state index in [-0.39, 0.29) is 17.1 Å². The maximum Gasteiger partial charge on any atom is 0.433 e. The standard InChI is InChI=1S/C13H9F3N6/c1-7(8-2-3-11(20-6-8)13(14,15)16)22-12(19)9(4-17)10(5-18)21-22/h2-3,6-7H,19H2,1H3/t7-/m1/s1. The van der Waals surface area contributed by atoms with E-state index >= 15 is 0 Å². The van der Waals surface area contributed by atoms with Gasteiger partial charge >= 0.3 is 6.18 Å². The van der Waals surface area contributed by atoms with Crippen LogP contribution < -0.4 is 5.73 Å². The highest BCUT2D eigenvalue weighted by atomic mass is 19.4. The van der Waals surface area contributed by atoms with E-state index in [0.29, 0.717) is 5.56 Å². The summed E-state index contributed by atoms with van der Waals surface area (Å²) in [6.07, 6.45) is -3.46. The van der Waals surface area contributed by atoms with E-state index in [9.17, 15) is 13.2 Å². The fourth-order valence-electron chi connectivity index (χ4n) is 1.89. The number of nitriles is 2. The highest BCUT2D eigenvalue weighted by Gasteiger charge is 2.32. The average molecular weight is 306 g/mol.